The molecule has 0 aliphatic heterocycles. The third-order valence-corrected chi connectivity index (χ3v) is 6.50. The zero-order chi connectivity index (χ0) is 22.7. The van der Waals surface area contributed by atoms with E-state index in [0.29, 0.717) is 28.7 Å². The molecule has 164 valence electrons. The molecule has 0 saturated heterocycles. The van der Waals surface area contributed by atoms with E-state index in [-0.39, 0.29) is 12.3 Å². The molecular formula is C25H25N3O3S. The molecule has 7 heteroatoms. The van der Waals surface area contributed by atoms with Crippen LogP contribution >= 0.6 is 11.3 Å². The highest BCUT2D eigenvalue weighted by atomic mass is 32.1. The number of pyridine rings is 1. The van der Waals surface area contributed by atoms with Crippen LogP contribution in [-0.4, -0.2) is 30.1 Å². The summed E-state index contributed by atoms with van der Waals surface area (Å²) >= 11 is 1.41. The van der Waals surface area contributed by atoms with Crippen molar-refractivity contribution in [2.75, 3.05) is 19.1 Å². The number of fused-ring (bicyclic) bond motifs is 1. The smallest absolute Gasteiger partial charge is 0.233 e. The lowest BCUT2D eigenvalue weighted by molar-refractivity contribution is -0.118. The zero-order valence-corrected chi connectivity index (χ0v) is 19.4. The molecular weight excluding hydrogens is 422 g/mol. The molecule has 1 amide bonds. The Balaban J connectivity index is 1.75. The predicted octanol–water partition coefficient (Wildman–Crippen LogP) is 5.10. The Morgan fingerprint density at radius 2 is 1.78 bits per heavy atom. The van der Waals surface area contributed by atoms with Crippen molar-refractivity contribution in [2.24, 2.45) is 0 Å². The van der Waals surface area contributed by atoms with E-state index in [4.69, 9.17) is 14.5 Å². The minimum absolute atomic E-state index is 0.0455. The predicted molar refractivity (Wildman–Crippen MR) is 128 cm³/mol. The van der Waals surface area contributed by atoms with Crippen LogP contribution in [0.5, 0.6) is 11.5 Å². The summed E-state index contributed by atoms with van der Waals surface area (Å²) < 4.78 is 11.8. The number of hydrogen-bond acceptors (Lipinski definition) is 6. The summed E-state index contributed by atoms with van der Waals surface area (Å²) in [6, 6.07) is 15.5. The standard InChI is InChI=1S/C25H25N3O3S/c1-16-8-9-18(13-17(16)2)14-22(29)28(15-19-7-5-6-12-26-19)25-27-23-20(30-3)10-11-21(31-4)24(23)32-25/h5-13H,14-15H2,1-4H3. The number of methoxy groups -OCH3 is 2. The Morgan fingerprint density at radius 3 is 2.47 bits per heavy atom. The topological polar surface area (TPSA) is 64.6 Å². The van der Waals surface area contributed by atoms with Crippen molar-refractivity contribution < 1.29 is 14.3 Å². The summed E-state index contributed by atoms with van der Waals surface area (Å²) in [6.07, 6.45) is 2.00. The van der Waals surface area contributed by atoms with Gasteiger partial charge in [-0.3, -0.25) is 14.7 Å². The van der Waals surface area contributed by atoms with Crippen molar-refractivity contribution in [1.82, 2.24) is 9.97 Å². The minimum atomic E-state index is -0.0455. The quantitative estimate of drug-likeness (QED) is 0.394. The van der Waals surface area contributed by atoms with Crippen molar-refractivity contribution in [3.63, 3.8) is 0 Å². The number of nitrogens with zero attached hydrogens (tertiary/aromatic N) is 3. The second-order valence-corrected chi connectivity index (χ2v) is 8.52. The molecule has 6 nitrogen and oxygen atoms in total. The van der Waals surface area contributed by atoms with Crippen LogP contribution in [0.15, 0.2) is 54.7 Å². The largest absolute Gasteiger partial charge is 0.495 e. The molecule has 2 aromatic heterocycles. The van der Waals surface area contributed by atoms with Crippen LogP contribution in [0.4, 0.5) is 5.13 Å². The number of aromatic nitrogens is 2. The third kappa shape index (κ3) is 4.43. The van der Waals surface area contributed by atoms with Gasteiger partial charge in [0.15, 0.2) is 5.13 Å². The molecule has 4 rings (SSSR count). The first-order chi connectivity index (χ1) is 15.5. The Hall–Kier alpha value is -3.45. The SMILES string of the molecule is COc1ccc(OC)c2sc(N(Cc3ccccn3)C(=O)Cc3ccc(C)c(C)c3)nc12. The lowest BCUT2D eigenvalue weighted by atomic mass is 10.0. The molecule has 0 fully saturated rings. The van der Waals surface area contributed by atoms with Gasteiger partial charge in [0.2, 0.25) is 5.91 Å². The molecule has 2 aromatic carbocycles. The molecule has 0 unspecified atom stereocenters. The molecule has 4 aromatic rings. The Morgan fingerprint density at radius 1 is 1.00 bits per heavy atom. The molecule has 2 heterocycles. The van der Waals surface area contributed by atoms with Crippen molar-refractivity contribution >= 4 is 32.6 Å². The number of carbonyl (C=O) groups excluding carboxylic acids is 1. The number of benzene rings is 2. The van der Waals surface area contributed by atoms with Crippen LogP contribution in [0.1, 0.15) is 22.4 Å². The number of carbonyl (C=O) groups is 1. The Kier molecular flexibility index (Phi) is 6.37. The van der Waals surface area contributed by atoms with E-state index in [1.807, 2.05) is 36.4 Å². The highest BCUT2D eigenvalue weighted by molar-refractivity contribution is 7.22. The van der Waals surface area contributed by atoms with Crippen LogP contribution in [0.3, 0.4) is 0 Å². The summed E-state index contributed by atoms with van der Waals surface area (Å²) in [5, 5.41) is 0.585. The number of hydrogen-bond donors (Lipinski definition) is 0. The highest BCUT2D eigenvalue weighted by Gasteiger charge is 2.23. The molecule has 0 radical (unpaired) electrons. The van der Waals surface area contributed by atoms with Gasteiger partial charge in [-0.25, -0.2) is 4.98 Å². The van der Waals surface area contributed by atoms with Gasteiger partial charge in [-0.05, 0) is 54.8 Å². The molecule has 0 aliphatic rings. The molecule has 0 saturated carbocycles. The number of ether oxygens (including phenoxy) is 2. The molecule has 32 heavy (non-hydrogen) atoms. The van der Waals surface area contributed by atoms with Gasteiger partial charge in [0.25, 0.3) is 0 Å². The minimum Gasteiger partial charge on any atom is -0.495 e. The van der Waals surface area contributed by atoms with Gasteiger partial charge in [0.1, 0.15) is 21.7 Å². The molecule has 0 aliphatic carbocycles. The first-order valence-electron chi connectivity index (χ1n) is 10.3. The van der Waals surface area contributed by atoms with E-state index in [2.05, 4.69) is 31.0 Å². The lowest BCUT2D eigenvalue weighted by Gasteiger charge is -2.20. The fourth-order valence-electron chi connectivity index (χ4n) is 3.49. The maximum atomic E-state index is 13.5. The van der Waals surface area contributed by atoms with Gasteiger partial charge in [0.05, 0.1) is 32.9 Å². The van der Waals surface area contributed by atoms with Crippen LogP contribution in [0.2, 0.25) is 0 Å². The monoisotopic (exact) mass is 447 g/mol. The second kappa shape index (κ2) is 9.36. The van der Waals surface area contributed by atoms with E-state index in [9.17, 15) is 4.79 Å². The molecule has 0 spiro atoms. The fourth-order valence-corrected chi connectivity index (χ4v) is 4.58. The van der Waals surface area contributed by atoms with Crippen molar-refractivity contribution in [2.45, 2.75) is 26.8 Å². The van der Waals surface area contributed by atoms with E-state index in [1.54, 1.807) is 25.3 Å². The van der Waals surface area contributed by atoms with Crippen molar-refractivity contribution in [3.8, 4) is 11.5 Å². The lowest BCUT2D eigenvalue weighted by Crippen LogP contribution is -2.32. The number of amides is 1. The maximum absolute atomic E-state index is 13.5. The van der Waals surface area contributed by atoms with Gasteiger partial charge >= 0.3 is 0 Å². The Bertz CT molecular complexity index is 1210. The highest BCUT2D eigenvalue weighted by Crippen LogP contribution is 2.40. The first-order valence-corrected chi connectivity index (χ1v) is 11.1. The summed E-state index contributed by atoms with van der Waals surface area (Å²) in [5.74, 6) is 1.29. The van der Waals surface area contributed by atoms with Crippen molar-refractivity contribution in [3.05, 3.63) is 77.1 Å². The van der Waals surface area contributed by atoms with Crippen LogP contribution in [0.25, 0.3) is 10.2 Å². The van der Waals surface area contributed by atoms with Crippen LogP contribution in [0, 0.1) is 13.8 Å². The van der Waals surface area contributed by atoms with Crippen LogP contribution < -0.4 is 14.4 Å². The Labute approximate surface area is 191 Å². The molecule has 0 N–H and O–H groups in total. The average molecular weight is 448 g/mol. The van der Waals surface area contributed by atoms with E-state index in [1.165, 1.54) is 22.5 Å². The van der Waals surface area contributed by atoms with Gasteiger partial charge in [-0.2, -0.15) is 0 Å². The number of rotatable bonds is 7. The average Bonchev–Trinajstić information content (AvgIpc) is 3.25. The van der Waals surface area contributed by atoms with Gasteiger partial charge in [-0.1, -0.05) is 35.6 Å². The third-order valence-electron chi connectivity index (χ3n) is 5.40. The van der Waals surface area contributed by atoms with Crippen molar-refractivity contribution in [1.29, 1.82) is 0 Å². The number of aryl methyl sites for hydroxylation is 2. The zero-order valence-electron chi connectivity index (χ0n) is 18.6. The summed E-state index contributed by atoms with van der Waals surface area (Å²) in [6.45, 7) is 4.45. The summed E-state index contributed by atoms with van der Waals surface area (Å²) in [7, 11) is 3.23. The van der Waals surface area contributed by atoms with E-state index >= 15 is 0 Å². The van der Waals surface area contributed by atoms with E-state index in [0.717, 1.165) is 16.0 Å². The first kappa shape index (κ1) is 21.8. The normalized spacial score (nSPS) is 10.9. The van der Waals surface area contributed by atoms with Crippen LogP contribution in [-0.2, 0) is 17.8 Å². The summed E-state index contributed by atoms with van der Waals surface area (Å²) in [5.41, 5.74) is 4.81. The van der Waals surface area contributed by atoms with Gasteiger partial charge in [-0.15, -0.1) is 0 Å². The van der Waals surface area contributed by atoms with Gasteiger partial charge < -0.3 is 9.47 Å². The maximum Gasteiger partial charge on any atom is 0.233 e. The molecule has 0 bridgehead atoms. The van der Waals surface area contributed by atoms with Gasteiger partial charge in [0, 0.05) is 6.20 Å². The number of thiazole rings is 1. The second-order valence-electron chi connectivity index (χ2n) is 7.54. The number of anilines is 1. The van der Waals surface area contributed by atoms with E-state index < -0.39 is 0 Å². The molecule has 0 atom stereocenters. The fraction of sp³-hybridized carbons (Fsp3) is 0.240. The summed E-state index contributed by atoms with van der Waals surface area (Å²) in [4.78, 5) is 24.4.